The molecule has 2 aromatic rings. The number of methoxy groups -OCH3 is 1. The van der Waals surface area contributed by atoms with Crippen LogP contribution in [0.4, 0.5) is 0 Å². The van der Waals surface area contributed by atoms with Crippen molar-refractivity contribution in [2.45, 2.75) is 19.4 Å². The van der Waals surface area contributed by atoms with Crippen LogP contribution in [0.25, 0.3) is 0 Å². The van der Waals surface area contributed by atoms with Crippen LogP contribution in [0.5, 0.6) is 11.5 Å². The minimum atomic E-state index is 0.335. The minimum Gasteiger partial charge on any atom is -0.493 e. The summed E-state index contributed by atoms with van der Waals surface area (Å²) in [6, 6.07) is 7.57. The number of benzene rings is 1. The largest absolute Gasteiger partial charge is 0.493 e. The van der Waals surface area contributed by atoms with E-state index in [2.05, 4.69) is 29.1 Å². The highest BCUT2D eigenvalue weighted by Crippen LogP contribution is 2.26. The summed E-state index contributed by atoms with van der Waals surface area (Å²) in [5.74, 6) is 3.09. The summed E-state index contributed by atoms with van der Waals surface area (Å²) in [4.78, 5) is 6.71. The molecule has 0 amide bonds. The van der Waals surface area contributed by atoms with E-state index in [0.717, 1.165) is 25.2 Å². The molecule has 0 radical (unpaired) electrons. The number of rotatable bonds is 8. The van der Waals surface area contributed by atoms with Crippen molar-refractivity contribution in [3.63, 3.8) is 0 Å². The maximum absolute atomic E-state index is 5.75. The molecule has 0 saturated heterocycles. The Labute approximate surface area is 131 Å². The summed E-state index contributed by atoms with van der Waals surface area (Å²) in [5, 5.41) is 4.41. The topological polar surface area (TPSA) is 52.4 Å². The van der Waals surface area contributed by atoms with Crippen molar-refractivity contribution < 1.29 is 9.47 Å². The zero-order valence-corrected chi connectivity index (χ0v) is 13.7. The normalized spacial score (nSPS) is 11.0. The van der Waals surface area contributed by atoms with Crippen LogP contribution in [0.1, 0.15) is 18.1 Å². The second kappa shape index (κ2) is 7.79. The summed E-state index contributed by atoms with van der Waals surface area (Å²) >= 11 is 0. The predicted octanol–water partition coefficient (Wildman–Crippen LogP) is 1.90. The number of hydrogen-bond donors (Lipinski definition) is 0. The fraction of sp³-hybridized carbons (Fsp3) is 0.500. The maximum Gasteiger partial charge on any atom is 0.188 e. The van der Waals surface area contributed by atoms with Crippen LogP contribution in [0.2, 0.25) is 0 Å². The van der Waals surface area contributed by atoms with Gasteiger partial charge in [-0.3, -0.25) is 4.68 Å². The van der Waals surface area contributed by atoms with Gasteiger partial charge in [0.1, 0.15) is 12.4 Å². The number of aryl methyl sites for hydroxylation is 2. The van der Waals surface area contributed by atoms with Crippen molar-refractivity contribution in [2.24, 2.45) is 7.05 Å². The van der Waals surface area contributed by atoms with Gasteiger partial charge in [0, 0.05) is 13.5 Å². The third-order valence-corrected chi connectivity index (χ3v) is 3.33. The Bertz CT molecular complexity index is 596. The van der Waals surface area contributed by atoms with Gasteiger partial charge in [-0.05, 0) is 39.2 Å². The zero-order chi connectivity index (χ0) is 15.9. The SMILES string of the molecule is COc1ccccc1OCc1nc(CCCN(C)C)n(C)n1. The van der Waals surface area contributed by atoms with E-state index in [-0.39, 0.29) is 0 Å². The predicted molar refractivity (Wildman–Crippen MR) is 85.2 cm³/mol. The second-order valence-electron chi connectivity index (χ2n) is 5.41. The van der Waals surface area contributed by atoms with E-state index in [9.17, 15) is 0 Å². The highest BCUT2D eigenvalue weighted by atomic mass is 16.5. The Balaban J connectivity index is 1.93. The average molecular weight is 304 g/mol. The fourth-order valence-electron chi connectivity index (χ4n) is 2.19. The van der Waals surface area contributed by atoms with E-state index < -0.39 is 0 Å². The first kappa shape index (κ1) is 16.3. The molecule has 6 nitrogen and oxygen atoms in total. The van der Waals surface area contributed by atoms with E-state index in [4.69, 9.17) is 9.47 Å². The summed E-state index contributed by atoms with van der Waals surface area (Å²) in [6.45, 7) is 1.38. The highest BCUT2D eigenvalue weighted by Gasteiger charge is 2.09. The number of hydrogen-bond acceptors (Lipinski definition) is 5. The zero-order valence-electron chi connectivity index (χ0n) is 13.7. The van der Waals surface area contributed by atoms with Crippen LogP contribution < -0.4 is 9.47 Å². The van der Waals surface area contributed by atoms with Crippen molar-refractivity contribution in [3.05, 3.63) is 35.9 Å². The lowest BCUT2D eigenvalue weighted by Crippen LogP contribution is -2.14. The van der Waals surface area contributed by atoms with Gasteiger partial charge in [0.05, 0.1) is 7.11 Å². The molecule has 0 bridgehead atoms. The molecule has 22 heavy (non-hydrogen) atoms. The third-order valence-electron chi connectivity index (χ3n) is 3.33. The molecule has 0 aliphatic rings. The van der Waals surface area contributed by atoms with Gasteiger partial charge in [-0.2, -0.15) is 5.10 Å². The molecule has 0 fully saturated rings. The van der Waals surface area contributed by atoms with Crippen molar-refractivity contribution in [1.29, 1.82) is 0 Å². The Morgan fingerprint density at radius 3 is 2.59 bits per heavy atom. The summed E-state index contributed by atoms with van der Waals surface area (Å²) < 4.78 is 12.8. The summed E-state index contributed by atoms with van der Waals surface area (Å²) in [5.41, 5.74) is 0. The van der Waals surface area contributed by atoms with Crippen molar-refractivity contribution in [2.75, 3.05) is 27.7 Å². The average Bonchev–Trinajstić information content (AvgIpc) is 2.85. The van der Waals surface area contributed by atoms with Crippen molar-refractivity contribution in [3.8, 4) is 11.5 Å². The maximum atomic E-state index is 5.75. The van der Waals surface area contributed by atoms with Gasteiger partial charge in [0.2, 0.25) is 0 Å². The Kier molecular flexibility index (Phi) is 5.77. The fourth-order valence-corrected chi connectivity index (χ4v) is 2.19. The monoisotopic (exact) mass is 304 g/mol. The quantitative estimate of drug-likeness (QED) is 0.745. The molecular formula is C16H24N4O2. The van der Waals surface area contributed by atoms with Crippen LogP contribution in [-0.4, -0.2) is 47.4 Å². The number of para-hydroxylation sites is 2. The number of nitrogens with zero attached hydrogens (tertiary/aromatic N) is 4. The smallest absolute Gasteiger partial charge is 0.188 e. The van der Waals surface area contributed by atoms with Gasteiger partial charge in [-0.25, -0.2) is 4.98 Å². The van der Waals surface area contributed by atoms with Gasteiger partial charge in [0.25, 0.3) is 0 Å². The first-order chi connectivity index (χ1) is 10.6. The standard InChI is InChI=1S/C16H24N4O2/c1-19(2)11-7-10-16-17-15(18-20(16)3)12-22-14-9-6-5-8-13(14)21-4/h5-6,8-9H,7,10-12H2,1-4H3. The molecule has 1 heterocycles. The molecular weight excluding hydrogens is 280 g/mol. The molecule has 6 heteroatoms. The van der Waals surface area contributed by atoms with Crippen LogP contribution in [0.15, 0.2) is 24.3 Å². The molecule has 120 valence electrons. The van der Waals surface area contributed by atoms with Gasteiger partial charge in [-0.15, -0.1) is 0 Å². The minimum absolute atomic E-state index is 0.335. The first-order valence-electron chi connectivity index (χ1n) is 7.39. The first-order valence-corrected chi connectivity index (χ1v) is 7.39. The van der Waals surface area contributed by atoms with Crippen molar-refractivity contribution in [1.82, 2.24) is 19.7 Å². The molecule has 0 N–H and O–H groups in total. The molecule has 1 aromatic heterocycles. The van der Waals surface area contributed by atoms with E-state index >= 15 is 0 Å². The third kappa shape index (κ3) is 4.46. The lowest BCUT2D eigenvalue weighted by molar-refractivity contribution is 0.276. The molecule has 0 atom stereocenters. The van der Waals surface area contributed by atoms with Gasteiger partial charge in [0.15, 0.2) is 17.3 Å². The van der Waals surface area contributed by atoms with Crippen LogP contribution in [-0.2, 0) is 20.1 Å². The van der Waals surface area contributed by atoms with Crippen LogP contribution in [0, 0.1) is 0 Å². The van der Waals surface area contributed by atoms with Gasteiger partial charge < -0.3 is 14.4 Å². The lowest BCUT2D eigenvalue weighted by Gasteiger charge is -2.08. The summed E-state index contributed by atoms with van der Waals surface area (Å²) in [6.07, 6.45) is 1.97. The van der Waals surface area contributed by atoms with E-state index in [1.54, 1.807) is 7.11 Å². The lowest BCUT2D eigenvalue weighted by atomic mass is 10.3. The molecule has 0 spiro atoms. The van der Waals surface area contributed by atoms with Gasteiger partial charge in [-0.1, -0.05) is 12.1 Å². The number of aromatic nitrogens is 3. The van der Waals surface area contributed by atoms with E-state index in [1.807, 2.05) is 36.0 Å². The Morgan fingerprint density at radius 1 is 1.18 bits per heavy atom. The van der Waals surface area contributed by atoms with Crippen LogP contribution in [0.3, 0.4) is 0 Å². The Hall–Kier alpha value is -2.08. The molecule has 0 unspecified atom stereocenters. The molecule has 0 aliphatic carbocycles. The number of ether oxygens (including phenoxy) is 2. The molecule has 0 saturated carbocycles. The molecule has 2 rings (SSSR count). The highest BCUT2D eigenvalue weighted by molar-refractivity contribution is 5.39. The van der Waals surface area contributed by atoms with Crippen molar-refractivity contribution >= 4 is 0 Å². The van der Waals surface area contributed by atoms with E-state index in [1.165, 1.54) is 0 Å². The van der Waals surface area contributed by atoms with Crippen LogP contribution >= 0.6 is 0 Å². The molecule has 0 aliphatic heterocycles. The Morgan fingerprint density at radius 2 is 1.91 bits per heavy atom. The second-order valence-corrected chi connectivity index (χ2v) is 5.41. The molecule has 1 aromatic carbocycles. The van der Waals surface area contributed by atoms with Gasteiger partial charge >= 0.3 is 0 Å². The van der Waals surface area contributed by atoms with E-state index in [0.29, 0.717) is 23.9 Å². The summed E-state index contributed by atoms with van der Waals surface area (Å²) in [7, 11) is 7.70.